The first kappa shape index (κ1) is 17.3. The highest BCUT2D eigenvalue weighted by Crippen LogP contribution is 2.34. The van der Waals surface area contributed by atoms with Gasteiger partial charge in [-0.05, 0) is 18.6 Å². The number of hydrogen-bond donors (Lipinski definition) is 0. The molecule has 0 aliphatic carbocycles. The fraction of sp³-hybridized carbons (Fsp3) is 0.308. The Morgan fingerprint density at radius 3 is 2.57 bits per heavy atom. The zero-order valence-corrected chi connectivity index (χ0v) is 13.8. The summed E-state index contributed by atoms with van der Waals surface area (Å²) >= 11 is 0.957. The van der Waals surface area contributed by atoms with Crippen LogP contribution in [0, 0.1) is 10.1 Å². The highest BCUT2D eigenvalue weighted by Gasteiger charge is 2.39. The fourth-order valence-electron chi connectivity index (χ4n) is 2.02. The van der Waals surface area contributed by atoms with Crippen LogP contribution in [0.4, 0.5) is 0 Å². The highest BCUT2D eigenvalue weighted by molar-refractivity contribution is 8.04. The smallest absolute Gasteiger partial charge is 0.412 e. The number of sulfonamides is 1. The maximum atomic E-state index is 12.7. The summed E-state index contributed by atoms with van der Waals surface area (Å²) in [5, 5.41) is 11.0. The van der Waals surface area contributed by atoms with E-state index in [1.54, 1.807) is 18.2 Å². The molecule has 0 aromatic heterocycles. The van der Waals surface area contributed by atoms with Crippen molar-refractivity contribution in [2.75, 3.05) is 19.4 Å². The van der Waals surface area contributed by atoms with Gasteiger partial charge in [-0.15, -0.1) is 11.8 Å². The van der Waals surface area contributed by atoms with E-state index in [-0.39, 0.29) is 16.5 Å². The van der Waals surface area contributed by atoms with E-state index in [2.05, 4.69) is 4.74 Å². The molecule has 10 heteroatoms. The second-order valence-electron chi connectivity index (χ2n) is 4.49. The van der Waals surface area contributed by atoms with Crippen LogP contribution in [0.25, 0.3) is 0 Å². The van der Waals surface area contributed by atoms with Crippen molar-refractivity contribution in [3.8, 4) is 0 Å². The fourth-order valence-corrected chi connectivity index (χ4v) is 4.90. The quantitative estimate of drug-likeness (QED) is 0.347. The van der Waals surface area contributed by atoms with Crippen LogP contribution in [0.5, 0.6) is 0 Å². The Hall–Kier alpha value is -2.07. The van der Waals surface area contributed by atoms with E-state index in [0.29, 0.717) is 12.2 Å². The van der Waals surface area contributed by atoms with E-state index >= 15 is 0 Å². The molecule has 0 radical (unpaired) electrons. The van der Waals surface area contributed by atoms with Crippen molar-refractivity contribution in [2.24, 2.45) is 0 Å². The van der Waals surface area contributed by atoms with Crippen molar-refractivity contribution in [2.45, 2.75) is 11.3 Å². The van der Waals surface area contributed by atoms with E-state index in [1.807, 2.05) is 0 Å². The third-order valence-corrected chi connectivity index (χ3v) is 6.17. The van der Waals surface area contributed by atoms with Gasteiger partial charge >= 0.3 is 11.7 Å². The standard InChI is InChI=1S/C13H14N2O6S2/c1-21-13(16)11(15(17)18)12-14(8-5-9-22-12)23(19,20)10-6-3-2-4-7-10/h2-4,6-7H,5,8-9H2,1H3/b12-11-. The minimum absolute atomic E-state index is 0.00700. The SMILES string of the molecule is COC(=O)/C(=C1/SCCCN1S(=O)(=O)c1ccccc1)[N+](=O)[O-]. The Kier molecular flexibility index (Phi) is 5.26. The topological polar surface area (TPSA) is 107 Å². The molecule has 0 unspecified atom stereocenters. The Bertz CT molecular complexity index is 745. The predicted molar refractivity (Wildman–Crippen MR) is 83.4 cm³/mol. The largest absolute Gasteiger partial charge is 0.461 e. The normalized spacial score (nSPS) is 17.5. The van der Waals surface area contributed by atoms with Crippen molar-refractivity contribution >= 4 is 27.8 Å². The lowest BCUT2D eigenvalue weighted by atomic mass is 10.4. The molecular formula is C13H14N2O6S2. The lowest BCUT2D eigenvalue weighted by Crippen LogP contribution is -2.36. The van der Waals surface area contributed by atoms with E-state index in [9.17, 15) is 23.3 Å². The maximum Gasteiger partial charge on any atom is 0.412 e. The molecule has 1 fully saturated rings. The van der Waals surface area contributed by atoms with Gasteiger partial charge in [0.2, 0.25) is 0 Å². The third-order valence-electron chi connectivity index (χ3n) is 3.07. The molecule has 23 heavy (non-hydrogen) atoms. The number of nitrogens with zero attached hydrogens (tertiary/aromatic N) is 2. The number of thioether (sulfide) groups is 1. The second kappa shape index (κ2) is 7.01. The van der Waals surface area contributed by atoms with Crippen LogP contribution in [-0.4, -0.2) is 43.0 Å². The molecule has 0 saturated carbocycles. The molecule has 1 aliphatic heterocycles. The van der Waals surface area contributed by atoms with Gasteiger partial charge in [-0.2, -0.15) is 0 Å². The zero-order valence-electron chi connectivity index (χ0n) is 12.2. The zero-order chi connectivity index (χ0) is 17.0. The molecule has 1 aromatic carbocycles. The summed E-state index contributed by atoms with van der Waals surface area (Å²) in [6.07, 6.45) is 0.520. The van der Waals surface area contributed by atoms with E-state index < -0.39 is 26.6 Å². The van der Waals surface area contributed by atoms with Crippen molar-refractivity contribution in [1.82, 2.24) is 4.31 Å². The second-order valence-corrected chi connectivity index (χ2v) is 7.44. The van der Waals surface area contributed by atoms with E-state index in [1.165, 1.54) is 12.1 Å². The van der Waals surface area contributed by atoms with Gasteiger partial charge in [0.25, 0.3) is 10.0 Å². The monoisotopic (exact) mass is 358 g/mol. The maximum absolute atomic E-state index is 12.7. The molecule has 124 valence electrons. The van der Waals surface area contributed by atoms with Gasteiger partial charge in [0.15, 0.2) is 5.03 Å². The molecule has 0 amide bonds. The summed E-state index contributed by atoms with van der Waals surface area (Å²) in [6.45, 7) is 0.0634. The summed E-state index contributed by atoms with van der Waals surface area (Å²) in [4.78, 5) is 22.0. The first-order chi connectivity index (χ1) is 10.9. The first-order valence-electron chi connectivity index (χ1n) is 6.57. The molecule has 0 spiro atoms. The Morgan fingerprint density at radius 1 is 1.35 bits per heavy atom. The number of carbonyl (C=O) groups is 1. The number of nitro groups is 1. The van der Waals surface area contributed by atoms with Gasteiger partial charge in [0.05, 0.1) is 16.9 Å². The summed E-state index contributed by atoms with van der Waals surface area (Å²) in [7, 11) is -2.98. The van der Waals surface area contributed by atoms with Crippen LogP contribution in [0.3, 0.4) is 0 Å². The molecule has 8 nitrogen and oxygen atoms in total. The molecule has 0 atom stereocenters. The molecule has 1 heterocycles. The van der Waals surface area contributed by atoms with Crippen LogP contribution >= 0.6 is 11.8 Å². The molecule has 1 aromatic rings. The van der Waals surface area contributed by atoms with Gasteiger partial charge in [-0.25, -0.2) is 13.2 Å². The number of esters is 1. The van der Waals surface area contributed by atoms with Crippen LogP contribution < -0.4 is 0 Å². The van der Waals surface area contributed by atoms with Gasteiger partial charge in [0.1, 0.15) is 0 Å². The summed E-state index contributed by atoms with van der Waals surface area (Å²) in [5.74, 6) is -0.697. The molecule has 1 saturated heterocycles. The number of ether oxygens (including phenoxy) is 1. The van der Waals surface area contributed by atoms with Gasteiger partial charge < -0.3 is 4.74 Å². The first-order valence-corrected chi connectivity index (χ1v) is 8.99. The lowest BCUT2D eigenvalue weighted by molar-refractivity contribution is -0.422. The average Bonchev–Trinajstić information content (AvgIpc) is 2.55. The van der Waals surface area contributed by atoms with Gasteiger partial charge in [0, 0.05) is 12.3 Å². The summed E-state index contributed by atoms with van der Waals surface area (Å²) < 4.78 is 30.8. The minimum atomic E-state index is -3.99. The number of carbonyl (C=O) groups excluding carboxylic acids is 1. The van der Waals surface area contributed by atoms with Crippen LogP contribution in [0.1, 0.15) is 6.42 Å². The summed E-state index contributed by atoms with van der Waals surface area (Å²) in [6, 6.07) is 7.58. The number of hydrogen-bond acceptors (Lipinski definition) is 7. The van der Waals surface area contributed by atoms with Crippen molar-refractivity contribution in [3.63, 3.8) is 0 Å². The van der Waals surface area contributed by atoms with Crippen LogP contribution in [0.15, 0.2) is 46.0 Å². The number of benzene rings is 1. The lowest BCUT2D eigenvalue weighted by Gasteiger charge is -2.29. The van der Waals surface area contributed by atoms with Crippen molar-refractivity contribution < 1.29 is 22.9 Å². The Morgan fingerprint density at radius 2 is 2.00 bits per heavy atom. The van der Waals surface area contributed by atoms with Crippen LogP contribution in [-0.2, 0) is 19.6 Å². The highest BCUT2D eigenvalue weighted by atomic mass is 32.2. The minimum Gasteiger partial charge on any atom is -0.461 e. The van der Waals surface area contributed by atoms with E-state index in [4.69, 9.17) is 0 Å². The average molecular weight is 358 g/mol. The van der Waals surface area contributed by atoms with E-state index in [0.717, 1.165) is 23.2 Å². The van der Waals surface area contributed by atoms with Crippen molar-refractivity contribution in [1.29, 1.82) is 0 Å². The van der Waals surface area contributed by atoms with Gasteiger partial charge in [-0.1, -0.05) is 18.2 Å². The number of methoxy groups -OCH3 is 1. The molecule has 2 rings (SSSR count). The summed E-state index contributed by atoms with van der Waals surface area (Å²) in [5.41, 5.74) is -0.864. The molecule has 1 aliphatic rings. The van der Waals surface area contributed by atoms with Crippen molar-refractivity contribution in [3.05, 3.63) is 51.2 Å². The Labute approximate surface area is 137 Å². The number of rotatable bonds is 4. The molecular weight excluding hydrogens is 344 g/mol. The molecule has 0 N–H and O–H groups in total. The predicted octanol–water partition coefficient (Wildman–Crippen LogP) is 1.43. The third kappa shape index (κ3) is 3.48. The Balaban J connectivity index is 2.59. The van der Waals surface area contributed by atoms with Gasteiger partial charge in [-0.3, -0.25) is 14.4 Å². The van der Waals surface area contributed by atoms with Crippen LogP contribution in [0.2, 0.25) is 0 Å². The molecule has 0 bridgehead atoms.